The van der Waals surface area contributed by atoms with Crippen LogP contribution in [0.4, 0.5) is 0 Å². The van der Waals surface area contributed by atoms with Crippen molar-refractivity contribution in [2.24, 2.45) is 5.41 Å². The molecule has 78 valence electrons. The lowest BCUT2D eigenvalue weighted by molar-refractivity contribution is 0.0952. The Labute approximate surface area is 82.0 Å². The minimum atomic E-state index is 0.631. The Morgan fingerprint density at radius 3 is 2.46 bits per heavy atom. The smallest absolute Gasteiger partial charge is 0.0466 e. The summed E-state index contributed by atoms with van der Waals surface area (Å²) in [6.07, 6.45) is 5.27. The fraction of sp³-hybridized carbons (Fsp3) is 1.00. The van der Waals surface area contributed by atoms with Gasteiger partial charge in [-0.15, -0.1) is 0 Å². The molecular formula is C11H23NO. The van der Waals surface area contributed by atoms with Crippen molar-refractivity contribution in [1.29, 1.82) is 0 Å². The highest BCUT2D eigenvalue weighted by Gasteiger charge is 2.34. The first-order valence-electron chi connectivity index (χ1n) is 5.61. The first-order chi connectivity index (χ1) is 6.33. The molecule has 2 nitrogen and oxygen atoms in total. The molecule has 0 aromatic carbocycles. The predicted octanol–water partition coefficient (Wildman–Crippen LogP) is 2.19. The summed E-state index contributed by atoms with van der Waals surface area (Å²) in [7, 11) is 0. The third kappa shape index (κ3) is 3.28. The van der Waals surface area contributed by atoms with Gasteiger partial charge in [0.25, 0.3) is 0 Å². The number of nitrogens with one attached hydrogen (secondary N) is 1. The van der Waals surface area contributed by atoms with Gasteiger partial charge < -0.3 is 10.1 Å². The molecule has 0 saturated carbocycles. The van der Waals surface area contributed by atoms with Crippen LogP contribution >= 0.6 is 0 Å². The minimum absolute atomic E-state index is 0.631. The van der Waals surface area contributed by atoms with Gasteiger partial charge in [-0.3, -0.25) is 0 Å². The van der Waals surface area contributed by atoms with Gasteiger partial charge in [-0.25, -0.2) is 0 Å². The van der Waals surface area contributed by atoms with E-state index in [1.165, 1.54) is 38.8 Å². The van der Waals surface area contributed by atoms with Gasteiger partial charge in [0.15, 0.2) is 0 Å². The Bertz CT molecular complexity index is 132. The van der Waals surface area contributed by atoms with Crippen LogP contribution in [0.3, 0.4) is 0 Å². The van der Waals surface area contributed by atoms with E-state index in [1.807, 2.05) is 0 Å². The lowest BCUT2D eigenvalue weighted by Gasteiger charge is -2.43. The van der Waals surface area contributed by atoms with Gasteiger partial charge in [-0.05, 0) is 31.6 Å². The van der Waals surface area contributed by atoms with Crippen LogP contribution < -0.4 is 5.32 Å². The second kappa shape index (κ2) is 5.61. The zero-order chi connectivity index (χ0) is 9.57. The Hall–Kier alpha value is -0.0800. The summed E-state index contributed by atoms with van der Waals surface area (Å²) >= 11 is 0. The molecule has 0 aliphatic carbocycles. The first kappa shape index (κ1) is 11.0. The Kier molecular flexibility index (Phi) is 4.74. The average Bonchev–Trinajstić information content (AvgIpc) is 2.08. The van der Waals surface area contributed by atoms with Crippen LogP contribution in [0.25, 0.3) is 0 Å². The van der Waals surface area contributed by atoms with E-state index in [-0.39, 0.29) is 0 Å². The van der Waals surface area contributed by atoms with E-state index in [1.54, 1.807) is 0 Å². The summed E-state index contributed by atoms with van der Waals surface area (Å²) in [6.45, 7) is 8.61. The molecule has 1 saturated heterocycles. The zero-order valence-electron chi connectivity index (χ0n) is 9.07. The lowest BCUT2D eigenvalue weighted by Crippen LogP contribution is -2.53. The highest BCUT2D eigenvalue weighted by atomic mass is 16.5. The first-order valence-corrected chi connectivity index (χ1v) is 5.61. The molecular weight excluding hydrogens is 162 g/mol. The number of ether oxygens (including phenoxy) is 1. The molecule has 1 N–H and O–H groups in total. The summed E-state index contributed by atoms with van der Waals surface area (Å²) in [5.74, 6) is 0. The van der Waals surface area contributed by atoms with Gasteiger partial charge in [-0.1, -0.05) is 13.3 Å². The molecule has 1 aliphatic heterocycles. The molecule has 13 heavy (non-hydrogen) atoms. The zero-order valence-corrected chi connectivity index (χ0v) is 9.07. The predicted molar refractivity (Wildman–Crippen MR) is 55.9 cm³/mol. The average molecular weight is 185 g/mol. The molecule has 1 aliphatic rings. The van der Waals surface area contributed by atoms with Crippen LogP contribution in [-0.2, 0) is 4.74 Å². The fourth-order valence-corrected chi connectivity index (χ4v) is 2.18. The van der Waals surface area contributed by atoms with E-state index < -0.39 is 0 Å². The summed E-state index contributed by atoms with van der Waals surface area (Å²) in [5, 5.41) is 3.39. The molecule has 0 bridgehead atoms. The third-order valence-electron chi connectivity index (χ3n) is 2.98. The maximum Gasteiger partial charge on any atom is 0.0466 e. The molecule has 0 radical (unpaired) electrons. The maximum atomic E-state index is 5.36. The number of hydrogen-bond donors (Lipinski definition) is 1. The van der Waals surface area contributed by atoms with E-state index in [4.69, 9.17) is 4.74 Å². The van der Waals surface area contributed by atoms with E-state index >= 15 is 0 Å². The van der Waals surface area contributed by atoms with Crippen LogP contribution in [0, 0.1) is 5.41 Å². The standard InChI is InChI=1S/C11H23NO/c1-3-6-11(9-12-10-11)7-5-8-13-4-2/h12H,3-10H2,1-2H3. The Morgan fingerprint density at radius 1 is 1.23 bits per heavy atom. The van der Waals surface area contributed by atoms with Crippen molar-refractivity contribution in [1.82, 2.24) is 5.32 Å². The van der Waals surface area contributed by atoms with Gasteiger partial charge in [0, 0.05) is 26.3 Å². The molecule has 0 aromatic rings. The van der Waals surface area contributed by atoms with Crippen molar-refractivity contribution in [2.75, 3.05) is 26.3 Å². The number of hydrogen-bond acceptors (Lipinski definition) is 2. The van der Waals surface area contributed by atoms with E-state index in [2.05, 4.69) is 19.2 Å². The van der Waals surface area contributed by atoms with Crippen molar-refractivity contribution in [2.45, 2.75) is 39.5 Å². The highest BCUT2D eigenvalue weighted by Crippen LogP contribution is 2.33. The Balaban J connectivity index is 2.09. The van der Waals surface area contributed by atoms with Crippen LogP contribution in [0.5, 0.6) is 0 Å². The van der Waals surface area contributed by atoms with Crippen LogP contribution in [-0.4, -0.2) is 26.3 Å². The molecule has 0 atom stereocenters. The van der Waals surface area contributed by atoms with Crippen molar-refractivity contribution in [3.8, 4) is 0 Å². The van der Waals surface area contributed by atoms with Gasteiger partial charge in [0.1, 0.15) is 0 Å². The second-order valence-electron chi connectivity index (χ2n) is 4.15. The number of rotatable bonds is 7. The molecule has 0 amide bonds. The van der Waals surface area contributed by atoms with Crippen LogP contribution in [0.2, 0.25) is 0 Å². The summed E-state index contributed by atoms with van der Waals surface area (Å²) in [4.78, 5) is 0. The quantitative estimate of drug-likeness (QED) is 0.614. The molecule has 1 heterocycles. The molecule has 0 unspecified atom stereocenters. The van der Waals surface area contributed by atoms with Crippen molar-refractivity contribution in [3.05, 3.63) is 0 Å². The van der Waals surface area contributed by atoms with E-state index in [9.17, 15) is 0 Å². The summed E-state index contributed by atoms with van der Waals surface area (Å²) in [6, 6.07) is 0. The molecule has 2 heteroatoms. The second-order valence-corrected chi connectivity index (χ2v) is 4.15. The van der Waals surface area contributed by atoms with E-state index in [0.29, 0.717) is 5.41 Å². The van der Waals surface area contributed by atoms with Crippen LogP contribution in [0.1, 0.15) is 39.5 Å². The minimum Gasteiger partial charge on any atom is -0.382 e. The highest BCUT2D eigenvalue weighted by molar-refractivity contribution is 4.91. The van der Waals surface area contributed by atoms with Crippen molar-refractivity contribution >= 4 is 0 Å². The normalized spacial score (nSPS) is 19.8. The SMILES string of the molecule is CCCC1(CCCOCC)CNC1. The van der Waals surface area contributed by atoms with Gasteiger partial charge in [-0.2, -0.15) is 0 Å². The molecule has 1 rings (SSSR count). The molecule has 0 aromatic heterocycles. The topological polar surface area (TPSA) is 21.3 Å². The molecule has 1 fully saturated rings. The molecule has 0 spiro atoms. The van der Waals surface area contributed by atoms with Crippen molar-refractivity contribution in [3.63, 3.8) is 0 Å². The van der Waals surface area contributed by atoms with Gasteiger partial charge in [0.2, 0.25) is 0 Å². The van der Waals surface area contributed by atoms with Crippen molar-refractivity contribution < 1.29 is 4.74 Å². The largest absolute Gasteiger partial charge is 0.382 e. The maximum absolute atomic E-state index is 5.36. The summed E-state index contributed by atoms with van der Waals surface area (Å²) < 4.78 is 5.36. The van der Waals surface area contributed by atoms with Gasteiger partial charge >= 0.3 is 0 Å². The third-order valence-corrected chi connectivity index (χ3v) is 2.98. The monoisotopic (exact) mass is 185 g/mol. The fourth-order valence-electron chi connectivity index (χ4n) is 2.18. The van der Waals surface area contributed by atoms with Gasteiger partial charge in [0.05, 0.1) is 0 Å². The summed E-state index contributed by atoms with van der Waals surface area (Å²) in [5.41, 5.74) is 0.631. The lowest BCUT2D eigenvalue weighted by atomic mass is 9.74. The van der Waals surface area contributed by atoms with E-state index in [0.717, 1.165) is 13.2 Å². The van der Waals surface area contributed by atoms with Crippen LogP contribution in [0.15, 0.2) is 0 Å². The Morgan fingerprint density at radius 2 is 2.00 bits per heavy atom.